The minimum Gasteiger partial charge on any atom is -0.455 e. The maximum absolute atomic E-state index is 12.6. The summed E-state index contributed by atoms with van der Waals surface area (Å²) >= 11 is 0. The number of likely N-dealkylation sites (tertiary alicyclic amines) is 1. The number of nitrogens with zero attached hydrogens (tertiary/aromatic N) is 3. The van der Waals surface area contributed by atoms with E-state index >= 15 is 0 Å². The molecule has 2 amide bonds. The number of benzene rings is 1. The first-order valence-corrected chi connectivity index (χ1v) is 9.83. The fraction of sp³-hybridized carbons (Fsp3) is 0.400. The fourth-order valence-electron chi connectivity index (χ4n) is 3.56. The normalized spacial score (nSPS) is 16.4. The van der Waals surface area contributed by atoms with E-state index in [4.69, 9.17) is 9.47 Å². The van der Waals surface area contributed by atoms with Crippen LogP contribution in [0.1, 0.15) is 19.8 Å². The van der Waals surface area contributed by atoms with Crippen molar-refractivity contribution >= 4 is 34.4 Å². The van der Waals surface area contributed by atoms with Gasteiger partial charge >= 0.3 is 5.97 Å². The molecule has 1 fully saturated rings. The van der Waals surface area contributed by atoms with Crippen molar-refractivity contribution in [2.24, 2.45) is 0 Å². The zero-order valence-electron chi connectivity index (χ0n) is 17.2. The molecule has 170 valence electrons. The highest BCUT2D eigenvalue weighted by Gasteiger charge is 2.38. The highest BCUT2D eigenvalue weighted by Crippen LogP contribution is 2.31. The molecule has 2 aromatic rings. The molecule has 0 aliphatic carbocycles. The van der Waals surface area contributed by atoms with Gasteiger partial charge in [-0.1, -0.05) is 0 Å². The first kappa shape index (κ1) is 22.9. The molecule has 1 aromatic heterocycles. The van der Waals surface area contributed by atoms with E-state index in [0.29, 0.717) is 12.8 Å². The average Bonchev–Trinajstić information content (AvgIpc) is 3.26. The van der Waals surface area contributed by atoms with Crippen LogP contribution in [0.15, 0.2) is 30.5 Å². The third-order valence-electron chi connectivity index (χ3n) is 4.99. The van der Waals surface area contributed by atoms with Gasteiger partial charge < -0.3 is 24.8 Å². The zero-order valence-corrected chi connectivity index (χ0v) is 17.2. The lowest BCUT2D eigenvalue weighted by Gasteiger charge is -2.27. The number of hydrogen-bond acceptors (Lipinski definition) is 9. The second kappa shape index (κ2) is 10.0. The number of ether oxygens (including phenoxy) is 2. The Hall–Kier alpha value is -3.80. The van der Waals surface area contributed by atoms with Crippen molar-refractivity contribution < 1.29 is 33.9 Å². The van der Waals surface area contributed by atoms with Crippen molar-refractivity contribution in [3.05, 3.63) is 40.6 Å². The highest BCUT2D eigenvalue weighted by molar-refractivity contribution is 5.92. The molecule has 1 aromatic carbocycles. The van der Waals surface area contributed by atoms with Gasteiger partial charge in [0.15, 0.2) is 0 Å². The standard InChI is InChI=1S/C20H22N4O8/c1-12(26)22-14(10-25)19(27)23-9-3-5-16(23)20(28)32-11-31-17-7-6-15(24(29)30)13-4-2-8-21-18(13)17/h2,4,6-8,14,16,25H,3,5,9-11H2,1H3,(H,22,26)/t14?,16-/m0/s1. The first-order chi connectivity index (χ1) is 15.3. The van der Waals surface area contributed by atoms with Crippen LogP contribution in [0.5, 0.6) is 5.75 Å². The topological polar surface area (TPSA) is 161 Å². The number of pyridine rings is 1. The summed E-state index contributed by atoms with van der Waals surface area (Å²) in [5.74, 6) is -1.56. The smallest absolute Gasteiger partial charge is 0.331 e. The molecule has 2 atom stereocenters. The number of nitrogens with one attached hydrogen (secondary N) is 1. The van der Waals surface area contributed by atoms with Crippen molar-refractivity contribution in [2.45, 2.75) is 31.8 Å². The number of hydrogen-bond donors (Lipinski definition) is 2. The van der Waals surface area contributed by atoms with Gasteiger partial charge in [-0.3, -0.25) is 24.7 Å². The van der Waals surface area contributed by atoms with Gasteiger partial charge in [-0.2, -0.15) is 0 Å². The third-order valence-corrected chi connectivity index (χ3v) is 4.99. The summed E-state index contributed by atoms with van der Waals surface area (Å²) < 4.78 is 10.6. The molecule has 3 rings (SSSR count). The third kappa shape index (κ3) is 4.91. The number of carbonyl (C=O) groups excluding carboxylic acids is 3. The average molecular weight is 446 g/mol. The van der Waals surface area contributed by atoms with Crippen molar-refractivity contribution in [3.8, 4) is 5.75 Å². The van der Waals surface area contributed by atoms with Gasteiger partial charge in [-0.25, -0.2) is 4.79 Å². The van der Waals surface area contributed by atoms with E-state index in [1.54, 1.807) is 6.07 Å². The van der Waals surface area contributed by atoms with Crippen LogP contribution in [0.3, 0.4) is 0 Å². The molecule has 0 saturated carbocycles. The van der Waals surface area contributed by atoms with E-state index in [-0.39, 0.29) is 28.9 Å². The maximum Gasteiger partial charge on any atom is 0.331 e. The SMILES string of the molecule is CC(=O)NC(CO)C(=O)N1CCC[C@H]1C(=O)OCOc1ccc([N+](=O)[O-])c2cccnc12. The van der Waals surface area contributed by atoms with E-state index in [2.05, 4.69) is 10.3 Å². The molecule has 1 aliphatic heterocycles. The van der Waals surface area contributed by atoms with Crippen molar-refractivity contribution in [1.82, 2.24) is 15.2 Å². The molecular weight excluding hydrogens is 424 g/mol. The Morgan fingerprint density at radius 2 is 2.16 bits per heavy atom. The number of aromatic nitrogens is 1. The monoisotopic (exact) mass is 446 g/mol. The molecule has 0 spiro atoms. The summed E-state index contributed by atoms with van der Waals surface area (Å²) in [5.41, 5.74) is 0.117. The molecular formula is C20H22N4O8. The molecule has 0 radical (unpaired) electrons. The minimum absolute atomic E-state index is 0.129. The lowest BCUT2D eigenvalue weighted by molar-refractivity contribution is -0.383. The molecule has 2 N–H and O–H groups in total. The number of nitro groups is 1. The van der Waals surface area contributed by atoms with Gasteiger partial charge in [0, 0.05) is 25.7 Å². The number of aliphatic hydroxyl groups is 1. The summed E-state index contributed by atoms with van der Waals surface area (Å²) in [5, 5.41) is 23.2. The van der Waals surface area contributed by atoms with Crippen LogP contribution in [-0.4, -0.2) is 69.7 Å². The van der Waals surface area contributed by atoms with Gasteiger partial charge in [-0.05, 0) is 31.0 Å². The van der Waals surface area contributed by atoms with Gasteiger partial charge in [0.05, 0.1) is 16.9 Å². The number of nitro benzene ring substituents is 1. The lowest BCUT2D eigenvalue weighted by atomic mass is 10.1. The Kier molecular flexibility index (Phi) is 7.15. The summed E-state index contributed by atoms with van der Waals surface area (Å²) in [6, 6.07) is 3.72. The molecule has 2 heterocycles. The number of carbonyl (C=O) groups is 3. The van der Waals surface area contributed by atoms with Crippen LogP contribution in [-0.2, 0) is 19.1 Å². The fourth-order valence-corrected chi connectivity index (χ4v) is 3.56. The first-order valence-electron chi connectivity index (χ1n) is 9.83. The Labute approximate surface area is 182 Å². The van der Waals surface area contributed by atoms with Gasteiger partial charge in [0.1, 0.15) is 23.3 Å². The summed E-state index contributed by atoms with van der Waals surface area (Å²) in [6.07, 6.45) is 2.38. The number of esters is 1. The molecule has 32 heavy (non-hydrogen) atoms. The molecule has 1 saturated heterocycles. The van der Waals surface area contributed by atoms with E-state index in [0.717, 1.165) is 0 Å². The Bertz CT molecular complexity index is 1040. The number of non-ortho nitro benzene ring substituents is 1. The van der Waals surface area contributed by atoms with Gasteiger partial charge in [0.2, 0.25) is 18.6 Å². The molecule has 1 unspecified atom stereocenters. The largest absolute Gasteiger partial charge is 0.455 e. The Morgan fingerprint density at radius 3 is 2.84 bits per heavy atom. The number of amides is 2. The van der Waals surface area contributed by atoms with Crippen molar-refractivity contribution in [3.63, 3.8) is 0 Å². The van der Waals surface area contributed by atoms with E-state index < -0.39 is 48.2 Å². The summed E-state index contributed by atoms with van der Waals surface area (Å²) in [4.78, 5) is 52.4. The second-order valence-electron chi connectivity index (χ2n) is 7.09. The lowest BCUT2D eigenvalue weighted by Crippen LogP contribution is -2.53. The highest BCUT2D eigenvalue weighted by atomic mass is 16.7. The van der Waals surface area contributed by atoms with Crippen molar-refractivity contribution in [2.75, 3.05) is 19.9 Å². The number of aliphatic hydroxyl groups excluding tert-OH is 1. The molecule has 0 bridgehead atoms. The Morgan fingerprint density at radius 1 is 1.38 bits per heavy atom. The predicted octanol–water partition coefficient (Wildman–Crippen LogP) is 0.511. The zero-order chi connectivity index (χ0) is 23.3. The molecule has 12 heteroatoms. The molecule has 12 nitrogen and oxygen atoms in total. The van der Waals surface area contributed by atoms with E-state index in [1.165, 1.54) is 36.2 Å². The van der Waals surface area contributed by atoms with Crippen LogP contribution < -0.4 is 10.1 Å². The summed E-state index contributed by atoms with van der Waals surface area (Å²) in [6.45, 7) is 0.419. The minimum atomic E-state index is -1.14. The number of fused-ring (bicyclic) bond motifs is 1. The van der Waals surface area contributed by atoms with Crippen LogP contribution >= 0.6 is 0 Å². The van der Waals surface area contributed by atoms with Crippen LogP contribution in [0.25, 0.3) is 10.9 Å². The Balaban J connectivity index is 1.65. The van der Waals surface area contributed by atoms with Crippen LogP contribution in [0, 0.1) is 10.1 Å². The van der Waals surface area contributed by atoms with Gasteiger partial charge in [-0.15, -0.1) is 0 Å². The van der Waals surface area contributed by atoms with Crippen LogP contribution in [0.4, 0.5) is 5.69 Å². The molecule has 1 aliphatic rings. The quantitative estimate of drug-likeness (QED) is 0.255. The van der Waals surface area contributed by atoms with Gasteiger partial charge in [0.25, 0.3) is 5.69 Å². The number of rotatable bonds is 8. The second-order valence-corrected chi connectivity index (χ2v) is 7.09. The van der Waals surface area contributed by atoms with Crippen LogP contribution in [0.2, 0.25) is 0 Å². The van der Waals surface area contributed by atoms with E-state index in [1.807, 2.05) is 0 Å². The predicted molar refractivity (Wildman–Crippen MR) is 109 cm³/mol. The summed E-state index contributed by atoms with van der Waals surface area (Å²) in [7, 11) is 0. The van der Waals surface area contributed by atoms with Crippen molar-refractivity contribution in [1.29, 1.82) is 0 Å². The van der Waals surface area contributed by atoms with E-state index in [9.17, 15) is 29.6 Å². The maximum atomic E-state index is 12.6.